The molecule has 0 spiro atoms. The van der Waals surface area contributed by atoms with Crippen LogP contribution in [0, 0.1) is 5.92 Å². The summed E-state index contributed by atoms with van der Waals surface area (Å²) in [7, 11) is 1.44. The van der Waals surface area contributed by atoms with Crippen molar-refractivity contribution in [2.45, 2.75) is 38.5 Å². The number of ether oxygens (including phenoxy) is 1. The minimum Gasteiger partial charge on any atom is -0.469 e. The first-order valence-corrected chi connectivity index (χ1v) is 5.04. The van der Waals surface area contributed by atoms with Crippen molar-refractivity contribution in [3.63, 3.8) is 0 Å². The second-order valence-electron chi connectivity index (χ2n) is 3.62. The number of esters is 1. The van der Waals surface area contributed by atoms with Gasteiger partial charge in [-0.1, -0.05) is 12.2 Å². The predicted octanol–water partition coefficient (Wildman–Crippen LogP) is 2.69. The summed E-state index contributed by atoms with van der Waals surface area (Å²) in [6.07, 6.45) is 10.9. The van der Waals surface area contributed by atoms with Crippen LogP contribution in [0.1, 0.15) is 38.5 Å². The Labute approximate surface area is 80.0 Å². The molecule has 0 aromatic heterocycles. The number of methoxy groups -OCH3 is 1. The Morgan fingerprint density at radius 1 is 1.46 bits per heavy atom. The zero-order valence-electron chi connectivity index (χ0n) is 8.29. The van der Waals surface area contributed by atoms with E-state index in [4.69, 9.17) is 0 Å². The Morgan fingerprint density at radius 3 is 2.85 bits per heavy atom. The van der Waals surface area contributed by atoms with Gasteiger partial charge in [-0.3, -0.25) is 4.79 Å². The fourth-order valence-corrected chi connectivity index (χ4v) is 1.23. The van der Waals surface area contributed by atoms with Gasteiger partial charge in [0.05, 0.1) is 7.11 Å². The summed E-state index contributed by atoms with van der Waals surface area (Å²) in [6, 6.07) is 0. The first-order chi connectivity index (χ1) is 6.33. The van der Waals surface area contributed by atoms with Gasteiger partial charge in [-0.15, -0.1) is 0 Å². The summed E-state index contributed by atoms with van der Waals surface area (Å²) in [5.41, 5.74) is 0. The van der Waals surface area contributed by atoms with E-state index in [1.807, 2.05) is 0 Å². The van der Waals surface area contributed by atoms with Crippen molar-refractivity contribution in [2.75, 3.05) is 7.11 Å². The zero-order chi connectivity index (χ0) is 9.52. The molecular formula is C11H18O2. The second-order valence-corrected chi connectivity index (χ2v) is 3.62. The molecule has 13 heavy (non-hydrogen) atoms. The van der Waals surface area contributed by atoms with Gasteiger partial charge >= 0.3 is 5.97 Å². The van der Waals surface area contributed by atoms with Crippen LogP contribution in [0.2, 0.25) is 0 Å². The molecule has 0 aromatic rings. The number of hydrogen-bond acceptors (Lipinski definition) is 2. The first kappa shape index (κ1) is 10.3. The molecule has 0 aromatic carbocycles. The smallest absolute Gasteiger partial charge is 0.305 e. The highest BCUT2D eigenvalue weighted by molar-refractivity contribution is 5.68. The molecule has 0 saturated heterocycles. The standard InChI is InChI=1S/C11H18O2/c1-13-11(12)7-5-3-2-4-6-10-8-9-10/h2,4,10H,3,5-9H2,1H3. The molecule has 0 amide bonds. The Kier molecular flexibility index (Phi) is 4.58. The quantitative estimate of drug-likeness (QED) is 0.358. The van der Waals surface area contributed by atoms with Crippen LogP contribution < -0.4 is 0 Å². The monoisotopic (exact) mass is 182 g/mol. The van der Waals surface area contributed by atoms with E-state index in [0.717, 1.165) is 18.8 Å². The average Bonchev–Trinajstić information content (AvgIpc) is 2.94. The summed E-state index contributed by atoms with van der Waals surface area (Å²) >= 11 is 0. The number of carbonyl (C=O) groups excluding carboxylic acids is 1. The average molecular weight is 182 g/mol. The number of allylic oxidation sites excluding steroid dienone is 2. The van der Waals surface area contributed by atoms with E-state index in [1.165, 1.54) is 26.4 Å². The third-order valence-corrected chi connectivity index (χ3v) is 2.31. The van der Waals surface area contributed by atoms with Crippen LogP contribution in [0.4, 0.5) is 0 Å². The van der Waals surface area contributed by atoms with Gasteiger partial charge in [-0.25, -0.2) is 0 Å². The van der Waals surface area contributed by atoms with E-state index in [1.54, 1.807) is 0 Å². The molecule has 74 valence electrons. The molecular weight excluding hydrogens is 164 g/mol. The van der Waals surface area contributed by atoms with E-state index in [0.29, 0.717) is 6.42 Å². The SMILES string of the molecule is COC(=O)CCCC=CCC1CC1. The minimum atomic E-state index is -0.101. The zero-order valence-corrected chi connectivity index (χ0v) is 8.29. The van der Waals surface area contributed by atoms with Gasteiger partial charge in [0, 0.05) is 6.42 Å². The summed E-state index contributed by atoms with van der Waals surface area (Å²) in [5.74, 6) is 0.868. The van der Waals surface area contributed by atoms with Crippen molar-refractivity contribution in [2.24, 2.45) is 5.92 Å². The lowest BCUT2D eigenvalue weighted by atomic mass is 10.2. The van der Waals surface area contributed by atoms with Crippen LogP contribution in [-0.2, 0) is 9.53 Å². The lowest BCUT2D eigenvalue weighted by Gasteiger charge is -1.95. The maximum Gasteiger partial charge on any atom is 0.305 e. The highest BCUT2D eigenvalue weighted by Gasteiger charge is 2.18. The summed E-state index contributed by atoms with van der Waals surface area (Å²) in [6.45, 7) is 0. The molecule has 1 aliphatic rings. The van der Waals surface area contributed by atoms with E-state index in [-0.39, 0.29) is 5.97 Å². The van der Waals surface area contributed by atoms with Gasteiger partial charge in [0.1, 0.15) is 0 Å². The molecule has 0 bridgehead atoms. The number of unbranched alkanes of at least 4 members (excludes halogenated alkanes) is 1. The Balaban J connectivity index is 1.87. The first-order valence-electron chi connectivity index (χ1n) is 5.04. The molecule has 1 rings (SSSR count). The van der Waals surface area contributed by atoms with Crippen molar-refractivity contribution in [3.8, 4) is 0 Å². The fraction of sp³-hybridized carbons (Fsp3) is 0.727. The van der Waals surface area contributed by atoms with E-state index in [2.05, 4.69) is 16.9 Å². The van der Waals surface area contributed by atoms with Crippen LogP contribution >= 0.6 is 0 Å². The Hall–Kier alpha value is -0.790. The van der Waals surface area contributed by atoms with Crippen LogP contribution in [0.15, 0.2) is 12.2 Å². The van der Waals surface area contributed by atoms with Crippen LogP contribution in [0.25, 0.3) is 0 Å². The van der Waals surface area contributed by atoms with Gasteiger partial charge < -0.3 is 4.74 Å². The van der Waals surface area contributed by atoms with Gasteiger partial charge in [0.2, 0.25) is 0 Å². The third-order valence-electron chi connectivity index (χ3n) is 2.31. The van der Waals surface area contributed by atoms with Crippen molar-refractivity contribution < 1.29 is 9.53 Å². The topological polar surface area (TPSA) is 26.3 Å². The molecule has 0 heterocycles. The van der Waals surface area contributed by atoms with Gasteiger partial charge in [-0.2, -0.15) is 0 Å². The second kappa shape index (κ2) is 5.79. The summed E-state index contributed by atoms with van der Waals surface area (Å²) in [4.78, 5) is 10.7. The van der Waals surface area contributed by atoms with Gasteiger partial charge in [0.25, 0.3) is 0 Å². The highest BCUT2D eigenvalue weighted by Crippen LogP contribution is 2.32. The van der Waals surface area contributed by atoms with Gasteiger partial charge in [-0.05, 0) is 38.0 Å². The van der Waals surface area contributed by atoms with E-state index < -0.39 is 0 Å². The number of rotatable bonds is 6. The number of carbonyl (C=O) groups is 1. The molecule has 1 aliphatic carbocycles. The molecule has 0 unspecified atom stereocenters. The molecule has 1 fully saturated rings. The number of hydrogen-bond donors (Lipinski definition) is 0. The molecule has 0 N–H and O–H groups in total. The van der Waals surface area contributed by atoms with E-state index >= 15 is 0 Å². The van der Waals surface area contributed by atoms with E-state index in [9.17, 15) is 4.79 Å². The molecule has 0 atom stereocenters. The van der Waals surface area contributed by atoms with Crippen molar-refractivity contribution in [1.29, 1.82) is 0 Å². The Bertz CT molecular complexity index is 181. The lowest BCUT2D eigenvalue weighted by Crippen LogP contribution is -1.98. The minimum absolute atomic E-state index is 0.101. The maximum absolute atomic E-state index is 10.7. The molecule has 2 nitrogen and oxygen atoms in total. The highest BCUT2D eigenvalue weighted by atomic mass is 16.5. The maximum atomic E-state index is 10.7. The lowest BCUT2D eigenvalue weighted by molar-refractivity contribution is -0.140. The molecule has 2 heteroatoms. The summed E-state index contributed by atoms with van der Waals surface area (Å²) in [5, 5.41) is 0. The summed E-state index contributed by atoms with van der Waals surface area (Å²) < 4.78 is 4.54. The van der Waals surface area contributed by atoms with Crippen LogP contribution in [0.3, 0.4) is 0 Å². The van der Waals surface area contributed by atoms with Gasteiger partial charge in [0.15, 0.2) is 0 Å². The predicted molar refractivity (Wildman–Crippen MR) is 52.3 cm³/mol. The molecule has 0 aliphatic heterocycles. The molecule has 1 saturated carbocycles. The van der Waals surface area contributed by atoms with Crippen LogP contribution in [-0.4, -0.2) is 13.1 Å². The van der Waals surface area contributed by atoms with Crippen molar-refractivity contribution in [1.82, 2.24) is 0 Å². The molecule has 0 radical (unpaired) electrons. The largest absolute Gasteiger partial charge is 0.469 e. The normalized spacial score (nSPS) is 16.4. The fourth-order valence-electron chi connectivity index (χ4n) is 1.23. The van der Waals surface area contributed by atoms with Crippen LogP contribution in [0.5, 0.6) is 0 Å². The van der Waals surface area contributed by atoms with Crippen molar-refractivity contribution in [3.05, 3.63) is 12.2 Å². The van der Waals surface area contributed by atoms with Crippen molar-refractivity contribution >= 4 is 5.97 Å². The Morgan fingerprint density at radius 2 is 2.23 bits per heavy atom. The third kappa shape index (κ3) is 5.45.